The van der Waals surface area contributed by atoms with Crippen molar-refractivity contribution in [3.8, 4) is 5.75 Å². The van der Waals surface area contributed by atoms with Crippen molar-refractivity contribution in [2.45, 2.75) is 6.61 Å². The van der Waals surface area contributed by atoms with E-state index in [9.17, 15) is 4.39 Å². The molecule has 0 heterocycles. The van der Waals surface area contributed by atoms with Crippen molar-refractivity contribution in [2.75, 3.05) is 5.73 Å². The van der Waals surface area contributed by atoms with Crippen molar-refractivity contribution in [3.63, 3.8) is 0 Å². The molecule has 0 aliphatic rings. The summed E-state index contributed by atoms with van der Waals surface area (Å²) in [6, 6.07) is 9.07. The fourth-order valence-corrected chi connectivity index (χ4v) is 1.85. The van der Waals surface area contributed by atoms with E-state index in [4.69, 9.17) is 33.7 Å². The van der Waals surface area contributed by atoms with Crippen LogP contribution >= 0.6 is 23.2 Å². The van der Waals surface area contributed by atoms with Gasteiger partial charge in [0.1, 0.15) is 18.2 Å². The Morgan fingerprint density at radius 2 is 1.83 bits per heavy atom. The molecule has 0 aliphatic carbocycles. The summed E-state index contributed by atoms with van der Waals surface area (Å²) < 4.78 is 18.3. The molecule has 0 atom stereocenters. The summed E-state index contributed by atoms with van der Waals surface area (Å²) in [5.41, 5.74) is 7.00. The first kappa shape index (κ1) is 13.0. The normalized spacial score (nSPS) is 10.4. The number of ether oxygens (including phenoxy) is 1. The zero-order valence-electron chi connectivity index (χ0n) is 9.29. The Bertz CT molecular complexity index is 575. The van der Waals surface area contributed by atoms with Gasteiger partial charge in [0.05, 0.1) is 5.02 Å². The molecule has 18 heavy (non-hydrogen) atoms. The smallest absolute Gasteiger partial charge is 0.138 e. The van der Waals surface area contributed by atoms with Crippen molar-refractivity contribution >= 4 is 28.9 Å². The highest BCUT2D eigenvalue weighted by atomic mass is 35.5. The average molecular weight is 286 g/mol. The Balaban J connectivity index is 2.13. The lowest BCUT2D eigenvalue weighted by molar-refractivity contribution is 0.306. The van der Waals surface area contributed by atoms with E-state index in [1.54, 1.807) is 18.2 Å². The highest BCUT2D eigenvalue weighted by molar-refractivity contribution is 6.32. The van der Waals surface area contributed by atoms with E-state index >= 15 is 0 Å². The summed E-state index contributed by atoms with van der Waals surface area (Å²) in [6.45, 7) is 0.217. The third-order valence-electron chi connectivity index (χ3n) is 2.35. The molecule has 0 saturated carbocycles. The number of halogens is 3. The first-order valence-electron chi connectivity index (χ1n) is 5.18. The Morgan fingerprint density at radius 3 is 2.56 bits per heavy atom. The van der Waals surface area contributed by atoms with Gasteiger partial charge in [0, 0.05) is 16.3 Å². The van der Waals surface area contributed by atoms with Gasteiger partial charge >= 0.3 is 0 Å². The summed E-state index contributed by atoms with van der Waals surface area (Å²) in [6.07, 6.45) is 0. The van der Waals surface area contributed by atoms with Crippen LogP contribution < -0.4 is 10.5 Å². The number of benzene rings is 2. The molecular formula is C13H10Cl2FNO. The Labute approximate surface area is 114 Å². The van der Waals surface area contributed by atoms with E-state index in [0.29, 0.717) is 16.5 Å². The van der Waals surface area contributed by atoms with Crippen LogP contribution in [0.3, 0.4) is 0 Å². The van der Waals surface area contributed by atoms with E-state index in [-0.39, 0.29) is 11.6 Å². The van der Waals surface area contributed by atoms with Crippen molar-refractivity contribution in [3.05, 3.63) is 57.8 Å². The van der Waals surface area contributed by atoms with Gasteiger partial charge in [-0.3, -0.25) is 0 Å². The maximum absolute atomic E-state index is 12.9. The molecular weight excluding hydrogens is 276 g/mol. The quantitative estimate of drug-likeness (QED) is 0.854. The number of hydrogen-bond donors (Lipinski definition) is 1. The molecule has 0 bridgehead atoms. The van der Waals surface area contributed by atoms with Crippen molar-refractivity contribution < 1.29 is 9.13 Å². The largest absolute Gasteiger partial charge is 0.487 e. The van der Waals surface area contributed by atoms with Crippen LogP contribution in [0.2, 0.25) is 10.0 Å². The summed E-state index contributed by atoms with van der Waals surface area (Å²) in [5.74, 6) is -0.00843. The molecule has 2 N–H and O–H groups in total. The van der Waals surface area contributed by atoms with Gasteiger partial charge in [0.2, 0.25) is 0 Å². The van der Waals surface area contributed by atoms with Gasteiger partial charge in [-0.2, -0.15) is 0 Å². The molecule has 2 nitrogen and oxygen atoms in total. The fraction of sp³-hybridized carbons (Fsp3) is 0.0769. The van der Waals surface area contributed by atoms with Crippen LogP contribution in [0.15, 0.2) is 36.4 Å². The Kier molecular flexibility index (Phi) is 3.94. The van der Waals surface area contributed by atoms with Gasteiger partial charge in [0.25, 0.3) is 0 Å². The van der Waals surface area contributed by atoms with Crippen molar-refractivity contribution in [1.29, 1.82) is 0 Å². The van der Waals surface area contributed by atoms with E-state index in [2.05, 4.69) is 0 Å². The molecule has 0 fully saturated rings. The topological polar surface area (TPSA) is 35.2 Å². The maximum Gasteiger partial charge on any atom is 0.138 e. The lowest BCUT2D eigenvalue weighted by Gasteiger charge is -2.09. The molecule has 0 aliphatic heterocycles. The number of hydrogen-bond acceptors (Lipinski definition) is 2. The molecule has 0 saturated heterocycles. The second-order valence-corrected chi connectivity index (χ2v) is 4.53. The number of rotatable bonds is 3. The summed E-state index contributed by atoms with van der Waals surface area (Å²) in [4.78, 5) is 0. The van der Waals surface area contributed by atoms with Crippen LogP contribution in [-0.2, 0) is 6.61 Å². The molecule has 5 heteroatoms. The van der Waals surface area contributed by atoms with E-state index in [1.165, 1.54) is 18.2 Å². The van der Waals surface area contributed by atoms with Crippen LogP contribution in [0, 0.1) is 5.82 Å². The number of anilines is 1. The van der Waals surface area contributed by atoms with Crippen molar-refractivity contribution in [2.24, 2.45) is 0 Å². The minimum Gasteiger partial charge on any atom is -0.487 e. The zero-order valence-corrected chi connectivity index (χ0v) is 10.8. The molecule has 0 aromatic heterocycles. The lowest BCUT2D eigenvalue weighted by atomic mass is 10.2. The third-order valence-corrected chi connectivity index (χ3v) is 3.01. The van der Waals surface area contributed by atoms with Crippen LogP contribution in [0.25, 0.3) is 0 Å². The van der Waals surface area contributed by atoms with E-state index in [0.717, 1.165) is 5.56 Å². The minimum atomic E-state index is -0.408. The summed E-state index contributed by atoms with van der Waals surface area (Å²) >= 11 is 11.8. The highest BCUT2D eigenvalue weighted by Gasteiger charge is 2.06. The van der Waals surface area contributed by atoms with Gasteiger partial charge < -0.3 is 10.5 Å². The van der Waals surface area contributed by atoms with Gasteiger partial charge in [-0.15, -0.1) is 0 Å². The van der Waals surface area contributed by atoms with E-state index in [1.807, 2.05) is 0 Å². The van der Waals surface area contributed by atoms with E-state index < -0.39 is 5.82 Å². The zero-order chi connectivity index (χ0) is 13.1. The monoisotopic (exact) mass is 285 g/mol. The molecule has 2 rings (SSSR count). The van der Waals surface area contributed by atoms with Crippen LogP contribution in [0.1, 0.15) is 5.56 Å². The van der Waals surface area contributed by atoms with Crippen LogP contribution in [0.5, 0.6) is 5.75 Å². The number of nitrogens with two attached hydrogens (primary N) is 1. The molecule has 0 amide bonds. The van der Waals surface area contributed by atoms with Gasteiger partial charge in [-0.25, -0.2) is 4.39 Å². The predicted molar refractivity (Wildman–Crippen MR) is 71.6 cm³/mol. The Hall–Kier alpha value is -1.45. The maximum atomic E-state index is 12.9. The van der Waals surface area contributed by atoms with Crippen LogP contribution in [-0.4, -0.2) is 0 Å². The standard InChI is InChI=1S/C13H10Cl2FNO/c14-11-3-2-10(17)5-8(11)7-18-13-4-1-9(16)6-12(13)15/h1-6H,7,17H2. The first-order valence-corrected chi connectivity index (χ1v) is 5.93. The molecule has 2 aromatic carbocycles. The lowest BCUT2D eigenvalue weighted by Crippen LogP contribution is -1.98. The summed E-state index contributed by atoms with van der Waals surface area (Å²) in [7, 11) is 0. The molecule has 94 valence electrons. The summed E-state index contributed by atoms with van der Waals surface area (Å²) in [5, 5.41) is 0.775. The average Bonchev–Trinajstić information content (AvgIpc) is 2.32. The van der Waals surface area contributed by atoms with Crippen molar-refractivity contribution in [1.82, 2.24) is 0 Å². The second-order valence-electron chi connectivity index (χ2n) is 3.71. The third kappa shape index (κ3) is 3.06. The minimum absolute atomic E-state index is 0.217. The molecule has 0 unspecified atom stereocenters. The fourth-order valence-electron chi connectivity index (χ4n) is 1.45. The predicted octanol–water partition coefficient (Wildman–Crippen LogP) is 4.29. The highest BCUT2D eigenvalue weighted by Crippen LogP contribution is 2.27. The molecule has 0 spiro atoms. The van der Waals surface area contributed by atoms with Gasteiger partial charge in [-0.1, -0.05) is 23.2 Å². The Morgan fingerprint density at radius 1 is 1.06 bits per heavy atom. The van der Waals surface area contributed by atoms with Gasteiger partial charge in [-0.05, 0) is 36.4 Å². The second kappa shape index (κ2) is 5.46. The molecule has 0 radical (unpaired) electrons. The number of nitrogen functional groups attached to an aromatic ring is 1. The van der Waals surface area contributed by atoms with Gasteiger partial charge in [0.15, 0.2) is 0 Å². The SMILES string of the molecule is Nc1ccc(Cl)c(COc2ccc(F)cc2Cl)c1. The molecule has 2 aromatic rings. The van der Waals surface area contributed by atoms with Crippen LogP contribution in [0.4, 0.5) is 10.1 Å². The first-order chi connectivity index (χ1) is 8.56.